The van der Waals surface area contributed by atoms with E-state index in [1.54, 1.807) is 0 Å². The minimum atomic E-state index is -4.41. The van der Waals surface area contributed by atoms with Gasteiger partial charge in [-0.15, -0.1) is 0 Å². The predicted octanol–water partition coefficient (Wildman–Crippen LogP) is 1.15. The number of nitrogens with zero attached hydrogens (tertiary/aromatic N) is 1. The maximum atomic E-state index is 11.9. The molecule has 1 heterocycles. The van der Waals surface area contributed by atoms with Crippen LogP contribution in [0.15, 0.2) is 0 Å². The summed E-state index contributed by atoms with van der Waals surface area (Å²) in [5, 5.41) is 3.13. The van der Waals surface area contributed by atoms with Crippen molar-refractivity contribution < 1.29 is 18.0 Å². The highest BCUT2D eigenvalue weighted by atomic mass is 19.4. The second-order valence-electron chi connectivity index (χ2n) is 3.86. The van der Waals surface area contributed by atoms with Crippen molar-refractivity contribution in [3.05, 3.63) is 0 Å². The van der Waals surface area contributed by atoms with Gasteiger partial charge >= 0.3 is 6.18 Å². The Kier molecular flexibility index (Phi) is 3.96. The van der Waals surface area contributed by atoms with Gasteiger partial charge in [0.15, 0.2) is 0 Å². The van der Waals surface area contributed by atoms with Gasteiger partial charge in [0.05, 0.1) is 0 Å². The van der Waals surface area contributed by atoms with E-state index in [1.807, 2.05) is 0 Å². The molecule has 1 fully saturated rings. The number of carbonyl (C=O) groups is 1. The predicted molar refractivity (Wildman–Crippen MR) is 49.3 cm³/mol. The maximum Gasteiger partial charge on any atom is 0.397 e. The number of nitrogens with one attached hydrogen (secondary N) is 1. The van der Waals surface area contributed by atoms with E-state index in [9.17, 15) is 18.0 Å². The summed E-state index contributed by atoms with van der Waals surface area (Å²) in [5.74, 6) is -0.865. The number of hydrogen-bond acceptors (Lipinski definition) is 2. The minimum Gasteiger partial charge on any atom is -0.344 e. The molecule has 1 amide bonds. The standard InChI is InChI=1S/C9H15F3N2O/c1-14(6-7-3-2-4-13-7)8(15)5-9(10,11)12/h7,13H,2-6H2,1H3. The summed E-state index contributed by atoms with van der Waals surface area (Å²) in [6.45, 7) is 1.24. The van der Waals surface area contributed by atoms with Crippen molar-refractivity contribution in [2.24, 2.45) is 0 Å². The zero-order valence-corrected chi connectivity index (χ0v) is 8.60. The topological polar surface area (TPSA) is 32.3 Å². The second kappa shape index (κ2) is 4.83. The van der Waals surface area contributed by atoms with Crippen LogP contribution in [0.25, 0.3) is 0 Å². The third-order valence-corrected chi connectivity index (χ3v) is 2.43. The summed E-state index contributed by atoms with van der Waals surface area (Å²) < 4.78 is 35.8. The third kappa shape index (κ3) is 4.51. The van der Waals surface area contributed by atoms with Gasteiger partial charge in [-0.1, -0.05) is 0 Å². The van der Waals surface area contributed by atoms with Crippen LogP contribution in [0, 0.1) is 0 Å². The molecule has 0 saturated carbocycles. The van der Waals surface area contributed by atoms with Crippen LogP contribution in [0.5, 0.6) is 0 Å². The molecule has 0 bridgehead atoms. The summed E-state index contributed by atoms with van der Waals surface area (Å²) in [4.78, 5) is 12.3. The summed E-state index contributed by atoms with van der Waals surface area (Å²) in [5.41, 5.74) is 0. The van der Waals surface area contributed by atoms with Crippen LogP contribution in [-0.2, 0) is 4.79 Å². The van der Waals surface area contributed by atoms with Crippen LogP contribution in [0.1, 0.15) is 19.3 Å². The molecule has 0 radical (unpaired) electrons. The number of amides is 1. The number of alkyl halides is 3. The zero-order chi connectivity index (χ0) is 11.5. The van der Waals surface area contributed by atoms with Gasteiger partial charge in [-0.25, -0.2) is 0 Å². The van der Waals surface area contributed by atoms with Gasteiger partial charge in [0.1, 0.15) is 6.42 Å². The van der Waals surface area contributed by atoms with Crippen LogP contribution >= 0.6 is 0 Å². The molecule has 1 atom stereocenters. The van der Waals surface area contributed by atoms with E-state index in [4.69, 9.17) is 0 Å². The number of rotatable bonds is 3. The zero-order valence-electron chi connectivity index (χ0n) is 8.60. The van der Waals surface area contributed by atoms with Crippen LogP contribution < -0.4 is 5.32 Å². The molecule has 15 heavy (non-hydrogen) atoms. The fraction of sp³-hybridized carbons (Fsp3) is 0.889. The van der Waals surface area contributed by atoms with Gasteiger partial charge in [0.25, 0.3) is 0 Å². The van der Waals surface area contributed by atoms with Crippen molar-refractivity contribution in [1.29, 1.82) is 0 Å². The Hall–Kier alpha value is -0.780. The normalized spacial score (nSPS) is 21.7. The Morgan fingerprint density at radius 1 is 1.53 bits per heavy atom. The molecule has 0 aromatic heterocycles. The summed E-state index contributed by atoms with van der Waals surface area (Å²) in [6.07, 6.45) is -3.83. The SMILES string of the molecule is CN(CC1CCCN1)C(=O)CC(F)(F)F. The molecule has 0 spiro atoms. The van der Waals surface area contributed by atoms with E-state index < -0.39 is 18.5 Å². The van der Waals surface area contributed by atoms with Crippen molar-refractivity contribution in [3.63, 3.8) is 0 Å². The van der Waals surface area contributed by atoms with Gasteiger partial charge in [-0.2, -0.15) is 13.2 Å². The molecule has 1 unspecified atom stereocenters. The first-order valence-corrected chi connectivity index (χ1v) is 4.92. The van der Waals surface area contributed by atoms with E-state index in [0.29, 0.717) is 6.54 Å². The Bertz CT molecular complexity index is 224. The van der Waals surface area contributed by atoms with Crippen molar-refractivity contribution in [2.45, 2.75) is 31.5 Å². The molecular formula is C9H15F3N2O. The number of halogens is 3. The Morgan fingerprint density at radius 2 is 2.20 bits per heavy atom. The van der Waals surface area contributed by atoms with Crippen molar-refractivity contribution in [2.75, 3.05) is 20.1 Å². The average molecular weight is 224 g/mol. The molecule has 0 aromatic rings. The number of likely N-dealkylation sites (N-methyl/N-ethyl adjacent to an activating group) is 1. The molecule has 1 aliphatic heterocycles. The lowest BCUT2D eigenvalue weighted by Gasteiger charge is -2.21. The maximum absolute atomic E-state index is 11.9. The van der Waals surface area contributed by atoms with E-state index >= 15 is 0 Å². The molecule has 3 nitrogen and oxygen atoms in total. The first kappa shape index (κ1) is 12.3. The van der Waals surface area contributed by atoms with Crippen molar-refractivity contribution in [3.8, 4) is 0 Å². The van der Waals surface area contributed by atoms with Crippen LogP contribution in [-0.4, -0.2) is 43.2 Å². The molecule has 0 aliphatic carbocycles. The van der Waals surface area contributed by atoms with Gasteiger partial charge in [-0.3, -0.25) is 4.79 Å². The Morgan fingerprint density at radius 3 is 2.67 bits per heavy atom. The lowest BCUT2D eigenvalue weighted by Crippen LogP contribution is -2.40. The highest BCUT2D eigenvalue weighted by Gasteiger charge is 2.33. The van der Waals surface area contributed by atoms with Gasteiger partial charge in [0.2, 0.25) is 5.91 Å². The third-order valence-electron chi connectivity index (χ3n) is 2.43. The van der Waals surface area contributed by atoms with Crippen LogP contribution in [0.4, 0.5) is 13.2 Å². The largest absolute Gasteiger partial charge is 0.397 e. The van der Waals surface area contributed by atoms with Crippen molar-refractivity contribution >= 4 is 5.91 Å². The molecule has 1 rings (SSSR count). The highest BCUT2D eigenvalue weighted by molar-refractivity contribution is 5.76. The lowest BCUT2D eigenvalue weighted by molar-refractivity contribution is -0.160. The average Bonchev–Trinajstić information content (AvgIpc) is 2.53. The van der Waals surface area contributed by atoms with Gasteiger partial charge < -0.3 is 10.2 Å². The summed E-state index contributed by atoms with van der Waals surface area (Å²) in [6, 6.07) is 0.146. The van der Waals surface area contributed by atoms with E-state index in [2.05, 4.69) is 5.32 Å². The van der Waals surface area contributed by atoms with Gasteiger partial charge in [-0.05, 0) is 19.4 Å². The minimum absolute atomic E-state index is 0.146. The highest BCUT2D eigenvalue weighted by Crippen LogP contribution is 2.20. The Labute approximate surface area is 86.6 Å². The second-order valence-corrected chi connectivity index (χ2v) is 3.86. The lowest BCUT2D eigenvalue weighted by atomic mass is 10.2. The fourth-order valence-corrected chi connectivity index (χ4v) is 1.65. The van der Waals surface area contributed by atoms with E-state index in [-0.39, 0.29) is 6.04 Å². The molecule has 1 aliphatic rings. The number of hydrogen-bond donors (Lipinski definition) is 1. The molecule has 1 saturated heterocycles. The van der Waals surface area contributed by atoms with Crippen LogP contribution in [0.3, 0.4) is 0 Å². The smallest absolute Gasteiger partial charge is 0.344 e. The fourth-order valence-electron chi connectivity index (χ4n) is 1.65. The molecule has 6 heteroatoms. The van der Waals surface area contributed by atoms with Gasteiger partial charge in [0, 0.05) is 19.6 Å². The molecular weight excluding hydrogens is 209 g/mol. The first-order chi connectivity index (χ1) is 6.88. The summed E-state index contributed by atoms with van der Waals surface area (Å²) in [7, 11) is 1.41. The summed E-state index contributed by atoms with van der Waals surface area (Å²) >= 11 is 0. The van der Waals surface area contributed by atoms with E-state index in [1.165, 1.54) is 7.05 Å². The number of carbonyl (C=O) groups excluding carboxylic acids is 1. The quantitative estimate of drug-likeness (QED) is 0.780. The molecule has 88 valence electrons. The molecule has 0 aromatic carbocycles. The van der Waals surface area contributed by atoms with E-state index in [0.717, 1.165) is 24.3 Å². The monoisotopic (exact) mass is 224 g/mol. The van der Waals surface area contributed by atoms with Crippen LogP contribution in [0.2, 0.25) is 0 Å². The molecule has 1 N–H and O–H groups in total. The van der Waals surface area contributed by atoms with Crippen molar-refractivity contribution in [1.82, 2.24) is 10.2 Å². The Balaban J connectivity index is 2.32. The first-order valence-electron chi connectivity index (χ1n) is 4.92.